The van der Waals surface area contributed by atoms with Gasteiger partial charge in [-0.1, -0.05) is 12.8 Å². The first-order chi connectivity index (χ1) is 11.8. The Labute approximate surface area is 145 Å². The first kappa shape index (κ1) is 17.0. The third kappa shape index (κ3) is 4.16. The van der Waals surface area contributed by atoms with Crippen LogP contribution in [0, 0.1) is 0 Å². The Hall–Kier alpha value is -1.84. The summed E-state index contributed by atoms with van der Waals surface area (Å²) in [6.45, 7) is 0. The van der Waals surface area contributed by atoms with Crippen molar-refractivity contribution in [1.82, 2.24) is 0 Å². The molecule has 4 heteroatoms. The molecule has 0 atom stereocenters. The molecule has 0 saturated heterocycles. The largest absolute Gasteiger partial charge is 0.386 e. The smallest absolute Gasteiger partial charge is 0.0882 e. The number of benzene rings is 1. The van der Waals surface area contributed by atoms with Gasteiger partial charge in [0.1, 0.15) is 0 Å². The lowest BCUT2D eigenvalue weighted by molar-refractivity contribution is 0.667. The molecular formula is C20H30N4. The van der Waals surface area contributed by atoms with Crippen LogP contribution in [0.1, 0.15) is 64.2 Å². The van der Waals surface area contributed by atoms with Crippen molar-refractivity contribution in [2.75, 3.05) is 24.7 Å². The molecule has 0 aliphatic heterocycles. The van der Waals surface area contributed by atoms with Crippen molar-refractivity contribution in [3.8, 4) is 0 Å². The van der Waals surface area contributed by atoms with Gasteiger partial charge in [0.25, 0.3) is 0 Å². The van der Waals surface area contributed by atoms with Gasteiger partial charge in [0, 0.05) is 25.5 Å². The van der Waals surface area contributed by atoms with Gasteiger partial charge in [-0.05, 0) is 63.5 Å². The molecule has 2 N–H and O–H groups in total. The second kappa shape index (κ2) is 8.32. The van der Waals surface area contributed by atoms with Gasteiger partial charge in [0.15, 0.2) is 0 Å². The van der Waals surface area contributed by atoms with E-state index in [2.05, 4.69) is 22.8 Å². The summed E-state index contributed by atoms with van der Waals surface area (Å²) in [4.78, 5) is 9.90. The molecule has 0 spiro atoms. The predicted molar refractivity (Wildman–Crippen MR) is 106 cm³/mol. The summed E-state index contributed by atoms with van der Waals surface area (Å²) in [6, 6.07) is 4.30. The molecule has 2 aliphatic carbocycles. The average Bonchev–Trinajstić information content (AvgIpc) is 2.64. The number of hydrogen-bond acceptors (Lipinski definition) is 4. The van der Waals surface area contributed by atoms with Crippen LogP contribution in [0.3, 0.4) is 0 Å². The van der Waals surface area contributed by atoms with Crippen LogP contribution < -0.4 is 10.6 Å². The fourth-order valence-electron chi connectivity index (χ4n) is 3.65. The molecule has 0 bridgehead atoms. The van der Waals surface area contributed by atoms with E-state index in [9.17, 15) is 0 Å². The van der Waals surface area contributed by atoms with Crippen molar-refractivity contribution < 1.29 is 0 Å². The van der Waals surface area contributed by atoms with E-state index in [1.165, 1.54) is 49.9 Å². The molecule has 2 fully saturated rings. The van der Waals surface area contributed by atoms with Crippen molar-refractivity contribution in [3.05, 3.63) is 12.1 Å². The van der Waals surface area contributed by atoms with Crippen molar-refractivity contribution in [3.63, 3.8) is 0 Å². The molecule has 0 heterocycles. The number of hydrogen-bond donors (Lipinski definition) is 2. The fraction of sp³-hybridized carbons (Fsp3) is 0.600. The summed E-state index contributed by atoms with van der Waals surface area (Å²) in [7, 11) is 3.94. The standard InChI is InChI=1S/C20H30N4/c1-21-17-13-20(24-16-11-7-4-8-12-16)18(22-2)14-19(17)23-15-9-5-3-6-10-15/h13-14,21-22H,3-12H2,1-2H3. The normalized spacial score (nSPS) is 18.2. The van der Waals surface area contributed by atoms with Gasteiger partial charge in [0.2, 0.25) is 0 Å². The topological polar surface area (TPSA) is 48.8 Å². The van der Waals surface area contributed by atoms with Crippen LogP contribution in [0.15, 0.2) is 22.1 Å². The highest BCUT2D eigenvalue weighted by Gasteiger charge is 2.13. The van der Waals surface area contributed by atoms with Crippen LogP contribution in [0.4, 0.5) is 22.7 Å². The minimum atomic E-state index is 1.03. The average molecular weight is 326 g/mol. The van der Waals surface area contributed by atoms with Crippen LogP contribution >= 0.6 is 0 Å². The number of aliphatic imine (C=N–C) groups is 2. The highest BCUT2D eigenvalue weighted by Crippen LogP contribution is 2.38. The van der Waals surface area contributed by atoms with Crippen molar-refractivity contribution in [2.24, 2.45) is 9.98 Å². The molecule has 2 aliphatic rings. The monoisotopic (exact) mass is 326 g/mol. The Bertz CT molecular complexity index is 559. The molecule has 0 radical (unpaired) electrons. The van der Waals surface area contributed by atoms with E-state index < -0.39 is 0 Å². The number of nitrogens with one attached hydrogen (secondary N) is 2. The molecular weight excluding hydrogens is 296 g/mol. The fourth-order valence-corrected chi connectivity index (χ4v) is 3.65. The molecule has 0 aromatic heterocycles. The summed E-state index contributed by atoms with van der Waals surface area (Å²) in [5, 5.41) is 6.62. The number of rotatable bonds is 4. The molecule has 3 rings (SSSR count). The van der Waals surface area contributed by atoms with Crippen LogP contribution in [0.25, 0.3) is 0 Å². The minimum Gasteiger partial charge on any atom is -0.386 e. The zero-order valence-corrected chi connectivity index (χ0v) is 15.1. The summed E-state index contributed by atoms with van der Waals surface area (Å²) in [6.07, 6.45) is 12.4. The van der Waals surface area contributed by atoms with Gasteiger partial charge in [-0.2, -0.15) is 0 Å². The second-order valence-corrected chi connectivity index (χ2v) is 6.86. The van der Waals surface area contributed by atoms with E-state index in [1.807, 2.05) is 14.1 Å². The van der Waals surface area contributed by atoms with E-state index in [-0.39, 0.29) is 0 Å². The maximum absolute atomic E-state index is 4.95. The third-order valence-electron chi connectivity index (χ3n) is 5.07. The number of nitrogens with zero attached hydrogens (tertiary/aromatic N) is 2. The van der Waals surface area contributed by atoms with Crippen molar-refractivity contribution in [1.29, 1.82) is 0 Å². The quantitative estimate of drug-likeness (QED) is 0.730. The van der Waals surface area contributed by atoms with Gasteiger partial charge >= 0.3 is 0 Å². The Morgan fingerprint density at radius 3 is 1.33 bits per heavy atom. The maximum atomic E-state index is 4.95. The summed E-state index contributed by atoms with van der Waals surface area (Å²) in [5.74, 6) is 0. The molecule has 0 amide bonds. The predicted octanol–water partition coefficient (Wildman–Crippen LogP) is 5.84. The Morgan fingerprint density at radius 2 is 1.00 bits per heavy atom. The lowest BCUT2D eigenvalue weighted by atomic mass is 9.98. The van der Waals surface area contributed by atoms with Gasteiger partial charge in [0.05, 0.1) is 22.7 Å². The maximum Gasteiger partial charge on any atom is 0.0882 e. The Morgan fingerprint density at radius 1 is 0.625 bits per heavy atom. The van der Waals surface area contributed by atoms with Crippen molar-refractivity contribution >= 4 is 34.2 Å². The molecule has 4 nitrogen and oxygen atoms in total. The Balaban J connectivity index is 1.93. The molecule has 1 aromatic carbocycles. The van der Waals surface area contributed by atoms with Gasteiger partial charge < -0.3 is 10.6 Å². The zero-order valence-electron chi connectivity index (χ0n) is 15.1. The lowest BCUT2D eigenvalue weighted by Crippen LogP contribution is -2.05. The van der Waals surface area contributed by atoms with Gasteiger partial charge in [-0.25, -0.2) is 0 Å². The third-order valence-corrected chi connectivity index (χ3v) is 5.07. The second-order valence-electron chi connectivity index (χ2n) is 6.86. The van der Waals surface area contributed by atoms with Crippen LogP contribution in [-0.2, 0) is 0 Å². The minimum absolute atomic E-state index is 1.03. The van der Waals surface area contributed by atoms with E-state index >= 15 is 0 Å². The first-order valence-electron chi connectivity index (χ1n) is 9.46. The highest BCUT2D eigenvalue weighted by atomic mass is 14.9. The highest BCUT2D eigenvalue weighted by molar-refractivity contribution is 5.93. The summed E-state index contributed by atoms with van der Waals surface area (Å²) in [5.41, 5.74) is 6.89. The summed E-state index contributed by atoms with van der Waals surface area (Å²) >= 11 is 0. The van der Waals surface area contributed by atoms with Crippen LogP contribution in [0.2, 0.25) is 0 Å². The van der Waals surface area contributed by atoms with Gasteiger partial charge in [-0.3, -0.25) is 9.98 Å². The van der Waals surface area contributed by atoms with Crippen LogP contribution in [-0.4, -0.2) is 25.5 Å². The Kier molecular flexibility index (Phi) is 5.89. The van der Waals surface area contributed by atoms with E-state index in [4.69, 9.17) is 9.98 Å². The zero-order chi connectivity index (χ0) is 16.8. The molecule has 130 valence electrons. The van der Waals surface area contributed by atoms with E-state index in [0.717, 1.165) is 48.4 Å². The molecule has 0 unspecified atom stereocenters. The van der Waals surface area contributed by atoms with Gasteiger partial charge in [-0.15, -0.1) is 0 Å². The SMILES string of the molecule is CNc1cc(N=C2CCCCC2)c(NC)cc1N=C1CCCCC1. The molecule has 1 aromatic rings. The van der Waals surface area contributed by atoms with Crippen molar-refractivity contribution in [2.45, 2.75) is 64.2 Å². The lowest BCUT2D eigenvalue weighted by Gasteiger charge is -2.17. The summed E-state index contributed by atoms with van der Waals surface area (Å²) < 4.78 is 0. The van der Waals surface area contributed by atoms with E-state index in [1.54, 1.807) is 0 Å². The first-order valence-corrected chi connectivity index (χ1v) is 9.46. The molecule has 24 heavy (non-hydrogen) atoms. The number of anilines is 2. The van der Waals surface area contributed by atoms with E-state index in [0.29, 0.717) is 0 Å². The van der Waals surface area contributed by atoms with Crippen LogP contribution in [0.5, 0.6) is 0 Å². The molecule has 2 saturated carbocycles.